The van der Waals surface area contributed by atoms with Crippen LogP contribution in [0.2, 0.25) is 0 Å². The zero-order valence-corrected chi connectivity index (χ0v) is 11.5. The minimum Gasteiger partial charge on any atom is -0.354 e. The second-order valence-corrected chi connectivity index (χ2v) is 5.03. The van der Waals surface area contributed by atoms with E-state index in [0.29, 0.717) is 0 Å². The second kappa shape index (κ2) is 5.01. The quantitative estimate of drug-likeness (QED) is 0.813. The molecule has 1 aliphatic rings. The molecule has 0 aliphatic carbocycles. The van der Waals surface area contributed by atoms with E-state index in [2.05, 4.69) is 33.0 Å². The summed E-state index contributed by atoms with van der Waals surface area (Å²) in [5, 5.41) is 4.57. The van der Waals surface area contributed by atoms with Crippen molar-refractivity contribution >= 4 is 5.82 Å². The SMILES string of the molecule is Cc1cc(N2CCN(C)CC2)n(-c2ccccn2)n1. The normalized spacial score (nSPS) is 16.8. The number of hydrogen-bond acceptors (Lipinski definition) is 4. The van der Waals surface area contributed by atoms with Gasteiger partial charge in [0.2, 0.25) is 0 Å². The van der Waals surface area contributed by atoms with Crippen molar-refractivity contribution < 1.29 is 0 Å². The van der Waals surface area contributed by atoms with Gasteiger partial charge in [-0.3, -0.25) is 0 Å². The van der Waals surface area contributed by atoms with Crippen LogP contribution in [0, 0.1) is 6.92 Å². The summed E-state index contributed by atoms with van der Waals surface area (Å²) in [6.07, 6.45) is 1.81. The maximum Gasteiger partial charge on any atom is 0.155 e. The molecule has 0 radical (unpaired) electrons. The van der Waals surface area contributed by atoms with Crippen molar-refractivity contribution in [3.63, 3.8) is 0 Å². The minimum absolute atomic E-state index is 0.879. The Kier molecular flexibility index (Phi) is 3.21. The summed E-state index contributed by atoms with van der Waals surface area (Å²) in [7, 11) is 2.17. The third kappa shape index (κ3) is 2.46. The standard InChI is InChI=1S/C14H19N5/c1-12-11-14(18-9-7-17(2)8-10-18)19(16-12)13-5-3-4-6-15-13/h3-6,11H,7-10H2,1-2H3. The number of aromatic nitrogens is 3. The Hall–Kier alpha value is -1.88. The number of nitrogens with zero attached hydrogens (tertiary/aromatic N) is 5. The van der Waals surface area contributed by atoms with Gasteiger partial charge in [0, 0.05) is 38.4 Å². The van der Waals surface area contributed by atoms with Gasteiger partial charge in [-0.1, -0.05) is 6.07 Å². The Balaban J connectivity index is 1.94. The number of piperazine rings is 1. The van der Waals surface area contributed by atoms with Crippen molar-refractivity contribution in [3.05, 3.63) is 36.2 Å². The van der Waals surface area contributed by atoms with Crippen molar-refractivity contribution in [2.24, 2.45) is 0 Å². The Morgan fingerprint density at radius 3 is 2.58 bits per heavy atom. The van der Waals surface area contributed by atoms with Gasteiger partial charge in [0.25, 0.3) is 0 Å². The van der Waals surface area contributed by atoms with E-state index in [1.807, 2.05) is 29.8 Å². The van der Waals surface area contributed by atoms with Crippen LogP contribution in [-0.2, 0) is 0 Å². The summed E-state index contributed by atoms with van der Waals surface area (Å²) in [5.74, 6) is 2.02. The molecule has 0 amide bonds. The van der Waals surface area contributed by atoms with Crippen molar-refractivity contribution in [2.45, 2.75) is 6.92 Å². The van der Waals surface area contributed by atoms with Crippen LogP contribution in [0.25, 0.3) is 5.82 Å². The lowest BCUT2D eigenvalue weighted by atomic mass is 10.3. The number of aryl methyl sites for hydroxylation is 1. The van der Waals surface area contributed by atoms with Crippen LogP contribution in [0.3, 0.4) is 0 Å². The zero-order chi connectivity index (χ0) is 13.2. The maximum atomic E-state index is 4.57. The third-order valence-electron chi connectivity index (χ3n) is 3.51. The summed E-state index contributed by atoms with van der Waals surface area (Å²) >= 11 is 0. The van der Waals surface area contributed by atoms with Gasteiger partial charge >= 0.3 is 0 Å². The molecule has 0 unspecified atom stereocenters. The lowest BCUT2D eigenvalue weighted by Crippen LogP contribution is -2.45. The predicted molar refractivity (Wildman–Crippen MR) is 75.8 cm³/mol. The van der Waals surface area contributed by atoms with E-state index in [0.717, 1.165) is 43.5 Å². The number of likely N-dealkylation sites (N-methyl/N-ethyl adjacent to an activating group) is 1. The molecule has 5 heteroatoms. The van der Waals surface area contributed by atoms with Crippen LogP contribution < -0.4 is 4.90 Å². The van der Waals surface area contributed by atoms with Crippen molar-refractivity contribution in [3.8, 4) is 5.82 Å². The molecule has 100 valence electrons. The van der Waals surface area contributed by atoms with Crippen LogP contribution in [0.15, 0.2) is 30.5 Å². The molecule has 1 saturated heterocycles. The van der Waals surface area contributed by atoms with Gasteiger partial charge in [0.05, 0.1) is 5.69 Å². The van der Waals surface area contributed by atoms with E-state index < -0.39 is 0 Å². The first-order valence-electron chi connectivity index (χ1n) is 6.65. The molecule has 0 saturated carbocycles. The highest BCUT2D eigenvalue weighted by Crippen LogP contribution is 2.21. The smallest absolute Gasteiger partial charge is 0.155 e. The summed E-state index contributed by atoms with van der Waals surface area (Å²) in [5.41, 5.74) is 1.03. The molecule has 3 heterocycles. The Bertz CT molecular complexity index is 540. The van der Waals surface area contributed by atoms with Crippen molar-refractivity contribution in [2.75, 3.05) is 38.1 Å². The fraction of sp³-hybridized carbons (Fsp3) is 0.429. The van der Waals surface area contributed by atoms with E-state index in [1.54, 1.807) is 6.20 Å². The first-order chi connectivity index (χ1) is 9.24. The molecule has 0 spiro atoms. The molecule has 2 aromatic rings. The molecule has 1 fully saturated rings. The molecule has 0 N–H and O–H groups in total. The molecule has 0 aromatic carbocycles. The van der Waals surface area contributed by atoms with Gasteiger partial charge in [-0.2, -0.15) is 9.78 Å². The van der Waals surface area contributed by atoms with Crippen LogP contribution >= 0.6 is 0 Å². The Morgan fingerprint density at radius 2 is 1.89 bits per heavy atom. The molecular weight excluding hydrogens is 238 g/mol. The molecule has 3 rings (SSSR count). The van der Waals surface area contributed by atoms with Gasteiger partial charge in [-0.25, -0.2) is 4.98 Å². The second-order valence-electron chi connectivity index (χ2n) is 5.03. The highest BCUT2D eigenvalue weighted by atomic mass is 15.4. The van der Waals surface area contributed by atoms with Crippen LogP contribution in [-0.4, -0.2) is 52.9 Å². The lowest BCUT2D eigenvalue weighted by Gasteiger charge is -2.33. The van der Waals surface area contributed by atoms with Gasteiger partial charge in [-0.05, 0) is 26.1 Å². The summed E-state index contributed by atoms with van der Waals surface area (Å²) in [6.45, 7) is 6.28. The van der Waals surface area contributed by atoms with Crippen molar-refractivity contribution in [1.82, 2.24) is 19.7 Å². The Labute approximate surface area is 113 Å². The van der Waals surface area contributed by atoms with Crippen LogP contribution in [0.4, 0.5) is 5.82 Å². The van der Waals surface area contributed by atoms with Gasteiger partial charge < -0.3 is 9.80 Å². The highest BCUT2D eigenvalue weighted by molar-refractivity contribution is 5.46. The van der Waals surface area contributed by atoms with Crippen LogP contribution in [0.5, 0.6) is 0 Å². The average Bonchev–Trinajstić information content (AvgIpc) is 2.83. The fourth-order valence-corrected chi connectivity index (χ4v) is 2.39. The van der Waals surface area contributed by atoms with Crippen LogP contribution in [0.1, 0.15) is 5.69 Å². The molecule has 0 atom stereocenters. The lowest BCUT2D eigenvalue weighted by molar-refractivity contribution is 0.311. The average molecular weight is 257 g/mol. The maximum absolute atomic E-state index is 4.57. The predicted octanol–water partition coefficient (Wildman–Crippen LogP) is 1.33. The third-order valence-corrected chi connectivity index (χ3v) is 3.51. The highest BCUT2D eigenvalue weighted by Gasteiger charge is 2.19. The van der Waals surface area contributed by atoms with Gasteiger partial charge in [0.15, 0.2) is 5.82 Å². The summed E-state index contributed by atoms with van der Waals surface area (Å²) in [6, 6.07) is 8.05. The number of hydrogen-bond donors (Lipinski definition) is 0. The largest absolute Gasteiger partial charge is 0.354 e. The topological polar surface area (TPSA) is 37.2 Å². The minimum atomic E-state index is 0.879. The van der Waals surface area contributed by atoms with Gasteiger partial charge in [0.1, 0.15) is 5.82 Å². The van der Waals surface area contributed by atoms with E-state index in [9.17, 15) is 0 Å². The molecule has 0 bridgehead atoms. The van der Waals surface area contributed by atoms with E-state index >= 15 is 0 Å². The summed E-state index contributed by atoms with van der Waals surface area (Å²) in [4.78, 5) is 9.13. The Morgan fingerprint density at radius 1 is 1.11 bits per heavy atom. The molecule has 2 aromatic heterocycles. The van der Waals surface area contributed by atoms with E-state index in [1.165, 1.54) is 0 Å². The monoisotopic (exact) mass is 257 g/mol. The van der Waals surface area contributed by atoms with E-state index in [-0.39, 0.29) is 0 Å². The summed E-state index contributed by atoms with van der Waals surface area (Å²) < 4.78 is 1.95. The fourth-order valence-electron chi connectivity index (χ4n) is 2.39. The number of rotatable bonds is 2. The molecule has 1 aliphatic heterocycles. The van der Waals surface area contributed by atoms with Gasteiger partial charge in [-0.15, -0.1) is 0 Å². The van der Waals surface area contributed by atoms with E-state index in [4.69, 9.17) is 0 Å². The van der Waals surface area contributed by atoms with Crippen molar-refractivity contribution in [1.29, 1.82) is 0 Å². The molecule has 19 heavy (non-hydrogen) atoms. The molecule has 5 nitrogen and oxygen atoms in total. The number of pyridine rings is 1. The molecular formula is C14H19N5. The zero-order valence-electron chi connectivity index (χ0n) is 11.5. The first-order valence-corrected chi connectivity index (χ1v) is 6.65. The number of anilines is 1. The first kappa shape index (κ1) is 12.2.